The van der Waals surface area contributed by atoms with Crippen molar-refractivity contribution in [3.63, 3.8) is 0 Å². The van der Waals surface area contributed by atoms with Crippen molar-refractivity contribution in [1.29, 1.82) is 0 Å². The molecule has 2 aromatic carbocycles. The number of halogens is 2. The average Bonchev–Trinajstić information content (AvgIpc) is 3.10. The van der Waals surface area contributed by atoms with Gasteiger partial charge in [0, 0.05) is 17.1 Å². The highest BCUT2D eigenvalue weighted by molar-refractivity contribution is 6.36. The van der Waals surface area contributed by atoms with Crippen molar-refractivity contribution in [1.82, 2.24) is 4.98 Å². The van der Waals surface area contributed by atoms with Crippen LogP contribution in [0, 0.1) is 5.92 Å². The molecule has 1 saturated carbocycles. The van der Waals surface area contributed by atoms with Gasteiger partial charge in [-0.3, -0.25) is 0 Å². The fourth-order valence-electron chi connectivity index (χ4n) is 5.21. The number of hydrogen-bond donors (Lipinski definition) is 2. The maximum Gasteiger partial charge on any atom is 0.120 e. The Kier molecular flexibility index (Phi) is 6.17. The van der Waals surface area contributed by atoms with Crippen molar-refractivity contribution in [3.8, 4) is 5.75 Å². The second-order valence-electron chi connectivity index (χ2n) is 8.76. The van der Waals surface area contributed by atoms with Crippen molar-refractivity contribution in [2.75, 3.05) is 11.9 Å². The number of aromatic nitrogens is 1. The lowest BCUT2D eigenvalue weighted by molar-refractivity contribution is 0.143. The van der Waals surface area contributed by atoms with E-state index < -0.39 is 0 Å². The molecule has 170 valence electrons. The Morgan fingerprint density at radius 1 is 1.00 bits per heavy atom. The van der Waals surface area contributed by atoms with Gasteiger partial charge in [0.2, 0.25) is 0 Å². The van der Waals surface area contributed by atoms with E-state index in [1.807, 2.05) is 0 Å². The first kappa shape index (κ1) is 22.1. The molecule has 0 radical (unpaired) electrons. The fraction of sp³-hybridized carbons (Fsp3) is 0.308. The number of benzene rings is 2. The van der Waals surface area contributed by atoms with Crippen LogP contribution in [0.15, 0.2) is 63.8 Å². The van der Waals surface area contributed by atoms with Crippen LogP contribution in [-0.4, -0.2) is 17.6 Å². The van der Waals surface area contributed by atoms with Gasteiger partial charge in [-0.05, 0) is 66.2 Å². The van der Waals surface area contributed by atoms with Gasteiger partial charge in [-0.25, -0.2) is 0 Å². The minimum absolute atomic E-state index is 0. The van der Waals surface area contributed by atoms with Crippen molar-refractivity contribution < 1.29 is 4.74 Å². The van der Waals surface area contributed by atoms with Crippen molar-refractivity contribution in [2.24, 2.45) is 16.1 Å². The molecule has 0 amide bonds. The van der Waals surface area contributed by atoms with E-state index >= 15 is 0 Å². The number of fused-ring (bicyclic) bond motifs is 4. The number of hydrogen-bond acceptors (Lipinski definition) is 4. The van der Waals surface area contributed by atoms with E-state index in [0.717, 1.165) is 59.4 Å². The highest BCUT2D eigenvalue weighted by Crippen LogP contribution is 2.38. The zero-order valence-electron chi connectivity index (χ0n) is 18.2. The molecule has 0 spiro atoms. The van der Waals surface area contributed by atoms with E-state index in [0.29, 0.717) is 12.5 Å². The standard InChI is InChI=1S/C26H25ClN4O.ClH/c27-22-11-12-28-25-21-14-29-30-15-23(21)31-26(25)24(22)17-6-8-19(9-7-17)32-20-10-5-16-3-1-2-4-18(16)13-20;/h1-5,10-11,13,15,17,19,28,31H,6-9,12,14H2;1H/t17-,19-;. The zero-order valence-corrected chi connectivity index (χ0v) is 19.8. The number of nitrogens with zero attached hydrogens (tertiary/aromatic N) is 2. The summed E-state index contributed by atoms with van der Waals surface area (Å²) in [5.41, 5.74) is 3.53. The van der Waals surface area contributed by atoms with Gasteiger partial charge in [-0.2, -0.15) is 10.2 Å². The van der Waals surface area contributed by atoms with Gasteiger partial charge in [-0.15, -0.1) is 12.4 Å². The number of H-pyrrole nitrogens is 1. The molecule has 33 heavy (non-hydrogen) atoms. The summed E-state index contributed by atoms with van der Waals surface area (Å²) in [6, 6.07) is 14.8. The molecule has 0 atom stereocenters. The zero-order chi connectivity index (χ0) is 21.5. The van der Waals surface area contributed by atoms with Crippen molar-refractivity contribution in [3.05, 3.63) is 69.8 Å². The highest BCUT2D eigenvalue weighted by Gasteiger charge is 2.29. The van der Waals surface area contributed by atoms with Crippen molar-refractivity contribution >= 4 is 52.2 Å². The monoisotopic (exact) mass is 480 g/mol. The smallest absolute Gasteiger partial charge is 0.120 e. The predicted octanol–water partition coefficient (Wildman–Crippen LogP) is 5.63. The van der Waals surface area contributed by atoms with Crippen LogP contribution < -0.4 is 20.8 Å². The molecule has 3 aromatic rings. The second kappa shape index (κ2) is 9.24. The minimum atomic E-state index is 0. The molecule has 3 aliphatic rings. The summed E-state index contributed by atoms with van der Waals surface area (Å²) >= 11 is 6.81. The Morgan fingerprint density at radius 2 is 1.82 bits per heavy atom. The molecule has 0 bridgehead atoms. The molecule has 1 aromatic heterocycles. The van der Waals surface area contributed by atoms with Gasteiger partial charge < -0.3 is 15.0 Å². The van der Waals surface area contributed by atoms with Gasteiger partial charge in [0.05, 0.1) is 35.2 Å². The molecule has 1 aliphatic carbocycles. The third-order valence-corrected chi connectivity index (χ3v) is 7.18. The summed E-state index contributed by atoms with van der Waals surface area (Å²) in [5.74, 6) is 1.36. The van der Waals surface area contributed by atoms with E-state index in [9.17, 15) is 0 Å². The summed E-state index contributed by atoms with van der Waals surface area (Å²) in [4.78, 5) is 3.57. The number of azo groups is 1. The van der Waals surface area contributed by atoms with E-state index in [1.54, 1.807) is 6.20 Å². The van der Waals surface area contributed by atoms with Crippen LogP contribution in [-0.2, 0) is 6.54 Å². The Balaban J connectivity index is 0.00000228. The highest BCUT2D eigenvalue weighted by atomic mass is 35.5. The van der Waals surface area contributed by atoms with Gasteiger partial charge in [0.25, 0.3) is 0 Å². The third kappa shape index (κ3) is 4.16. The van der Waals surface area contributed by atoms with Gasteiger partial charge >= 0.3 is 0 Å². The SMILES string of the molecule is Cl.ClC1=CCNc2c3c([nH]c2=C1[C@H]1CC[C@H](Oc2ccc4ccccc4c2)CC1)=CN=NC3. The molecule has 7 heteroatoms. The van der Waals surface area contributed by atoms with Crippen LogP contribution in [0.5, 0.6) is 5.75 Å². The maximum atomic E-state index is 6.81. The maximum absolute atomic E-state index is 6.81. The van der Waals surface area contributed by atoms with Gasteiger partial charge in [-0.1, -0.05) is 41.9 Å². The normalized spacial score (nSPS) is 21.6. The molecule has 1 fully saturated rings. The first-order chi connectivity index (χ1) is 15.8. The van der Waals surface area contributed by atoms with E-state index in [4.69, 9.17) is 16.3 Å². The topological polar surface area (TPSA) is 61.8 Å². The molecule has 6 rings (SSSR count). The van der Waals surface area contributed by atoms with E-state index in [2.05, 4.69) is 69.1 Å². The quantitative estimate of drug-likeness (QED) is 0.510. The largest absolute Gasteiger partial charge is 0.490 e. The molecule has 0 saturated heterocycles. The molecule has 3 heterocycles. The lowest BCUT2D eigenvalue weighted by Gasteiger charge is -2.30. The number of allylic oxidation sites excluding steroid dienone is 1. The summed E-state index contributed by atoms with van der Waals surface area (Å²) in [6.07, 6.45) is 8.28. The Bertz CT molecular complexity index is 1370. The Labute approximate surface area is 203 Å². The van der Waals surface area contributed by atoms with Crippen LogP contribution in [0.25, 0.3) is 22.5 Å². The number of rotatable bonds is 3. The summed E-state index contributed by atoms with van der Waals surface area (Å²) < 4.78 is 6.38. The third-order valence-electron chi connectivity index (χ3n) is 6.83. The number of aromatic amines is 1. The van der Waals surface area contributed by atoms with Crippen LogP contribution in [0.3, 0.4) is 0 Å². The molecular formula is C26H26Cl2N4O. The predicted molar refractivity (Wildman–Crippen MR) is 136 cm³/mol. The number of anilines is 1. The second-order valence-corrected chi connectivity index (χ2v) is 9.17. The number of nitrogens with one attached hydrogen (secondary N) is 2. The first-order valence-corrected chi connectivity index (χ1v) is 11.7. The molecule has 2 aliphatic heterocycles. The van der Waals surface area contributed by atoms with Crippen LogP contribution in [0.4, 0.5) is 5.69 Å². The molecule has 0 unspecified atom stereocenters. The lowest BCUT2D eigenvalue weighted by Crippen LogP contribution is -2.27. The summed E-state index contributed by atoms with van der Waals surface area (Å²) in [7, 11) is 0. The number of ether oxygens (including phenoxy) is 1. The first-order valence-electron chi connectivity index (χ1n) is 11.3. The van der Waals surface area contributed by atoms with Gasteiger partial charge in [0.15, 0.2) is 0 Å². The average molecular weight is 481 g/mol. The van der Waals surface area contributed by atoms with E-state index in [1.165, 1.54) is 21.9 Å². The molecule has 2 N–H and O–H groups in total. The van der Waals surface area contributed by atoms with Crippen LogP contribution in [0.1, 0.15) is 31.2 Å². The Hall–Kier alpha value is -2.76. The van der Waals surface area contributed by atoms with Crippen LogP contribution >= 0.6 is 24.0 Å². The fourth-order valence-corrected chi connectivity index (χ4v) is 5.54. The minimum Gasteiger partial charge on any atom is -0.490 e. The molecule has 5 nitrogen and oxygen atoms in total. The summed E-state index contributed by atoms with van der Waals surface area (Å²) in [6.45, 7) is 1.32. The Morgan fingerprint density at radius 3 is 2.67 bits per heavy atom. The van der Waals surface area contributed by atoms with E-state index in [-0.39, 0.29) is 18.5 Å². The lowest BCUT2D eigenvalue weighted by atomic mass is 9.81. The van der Waals surface area contributed by atoms with Gasteiger partial charge in [0.1, 0.15) is 5.75 Å². The summed E-state index contributed by atoms with van der Waals surface area (Å²) in [5, 5.41) is 17.2. The van der Waals surface area contributed by atoms with Crippen molar-refractivity contribution in [2.45, 2.75) is 38.3 Å². The molecular weight excluding hydrogens is 455 g/mol. The van der Waals surface area contributed by atoms with Crippen LogP contribution in [0.2, 0.25) is 0 Å².